The van der Waals surface area contributed by atoms with Gasteiger partial charge in [-0.05, 0) is 30.3 Å². The van der Waals surface area contributed by atoms with Crippen molar-refractivity contribution in [2.45, 2.75) is 0 Å². The Hall–Kier alpha value is -3.03. The molecule has 0 saturated heterocycles. The number of hydrogen-bond donors (Lipinski definition) is 4. The monoisotopic (exact) mass is 418 g/mol. The minimum absolute atomic E-state index is 0.0899. The van der Waals surface area contributed by atoms with Gasteiger partial charge in [0.15, 0.2) is 0 Å². The predicted molar refractivity (Wildman–Crippen MR) is 109 cm³/mol. The summed E-state index contributed by atoms with van der Waals surface area (Å²) < 4.78 is 0. The summed E-state index contributed by atoms with van der Waals surface area (Å²) in [6, 6.07) is 13.8. The molecular weight excluding hydrogens is 403 g/mol. The zero-order valence-corrected chi connectivity index (χ0v) is 16.0. The molecule has 3 amide bonds. The van der Waals surface area contributed by atoms with Gasteiger partial charge in [-0.1, -0.05) is 41.4 Å². The third-order valence-electron chi connectivity index (χ3n) is 3.86. The van der Waals surface area contributed by atoms with Crippen molar-refractivity contribution < 1.29 is 14.4 Å². The summed E-state index contributed by atoms with van der Waals surface area (Å²) in [7, 11) is 0. The topological polar surface area (TPSA) is 103 Å². The Bertz CT molecular complexity index is 1020. The number of aromatic amines is 1. The van der Waals surface area contributed by atoms with Crippen LogP contribution in [0.2, 0.25) is 10.0 Å². The number of nitrogens with one attached hydrogen (secondary N) is 4. The maximum atomic E-state index is 12.1. The Balaban J connectivity index is 1.44. The molecule has 0 radical (unpaired) electrons. The molecule has 144 valence electrons. The second kappa shape index (κ2) is 8.77. The third-order valence-corrected chi connectivity index (χ3v) is 4.40. The molecule has 3 aromatic rings. The molecule has 4 N–H and O–H groups in total. The Kier molecular flexibility index (Phi) is 6.18. The number of aromatic nitrogens is 1. The number of H-pyrrole nitrogens is 1. The second-order valence-electron chi connectivity index (χ2n) is 5.86. The lowest BCUT2D eigenvalue weighted by atomic mass is 10.2. The van der Waals surface area contributed by atoms with Crippen molar-refractivity contribution in [1.29, 1.82) is 0 Å². The molecule has 0 aliphatic carbocycles. The highest BCUT2D eigenvalue weighted by atomic mass is 35.5. The van der Waals surface area contributed by atoms with E-state index >= 15 is 0 Å². The fourth-order valence-corrected chi connectivity index (χ4v) is 2.95. The lowest BCUT2D eigenvalue weighted by Crippen LogP contribution is -2.40. The van der Waals surface area contributed by atoms with E-state index in [9.17, 15) is 14.4 Å². The SMILES string of the molecule is O=C(NCCNC(=O)c1cc2ccccc2[nH]1)C(=O)Nc1ccc(Cl)cc1Cl. The van der Waals surface area contributed by atoms with E-state index in [1.807, 2.05) is 24.3 Å². The normalized spacial score (nSPS) is 10.5. The second-order valence-corrected chi connectivity index (χ2v) is 6.70. The van der Waals surface area contributed by atoms with Gasteiger partial charge in [0.1, 0.15) is 5.69 Å². The number of carbonyl (C=O) groups is 3. The zero-order chi connectivity index (χ0) is 20.1. The van der Waals surface area contributed by atoms with Crippen LogP contribution >= 0.6 is 23.2 Å². The first-order valence-electron chi connectivity index (χ1n) is 8.34. The van der Waals surface area contributed by atoms with E-state index in [1.165, 1.54) is 12.1 Å². The molecular formula is C19H16Cl2N4O3. The van der Waals surface area contributed by atoms with Gasteiger partial charge in [-0.2, -0.15) is 0 Å². The number of hydrogen-bond acceptors (Lipinski definition) is 3. The molecule has 1 aromatic heterocycles. The summed E-state index contributed by atoms with van der Waals surface area (Å²) in [6.07, 6.45) is 0. The van der Waals surface area contributed by atoms with Crippen LogP contribution in [0.1, 0.15) is 10.5 Å². The maximum Gasteiger partial charge on any atom is 0.313 e. The van der Waals surface area contributed by atoms with Crippen molar-refractivity contribution in [3.63, 3.8) is 0 Å². The number of para-hydroxylation sites is 1. The highest BCUT2D eigenvalue weighted by Crippen LogP contribution is 2.25. The molecule has 7 nitrogen and oxygen atoms in total. The van der Waals surface area contributed by atoms with Crippen LogP contribution in [-0.4, -0.2) is 35.8 Å². The van der Waals surface area contributed by atoms with Gasteiger partial charge in [0.05, 0.1) is 10.7 Å². The first-order valence-corrected chi connectivity index (χ1v) is 9.10. The number of amides is 3. The number of rotatable bonds is 5. The number of halogens is 2. The average molecular weight is 419 g/mol. The maximum absolute atomic E-state index is 12.1. The first kappa shape index (κ1) is 19.7. The van der Waals surface area contributed by atoms with Crippen LogP contribution in [0.3, 0.4) is 0 Å². The Labute approximate surface area is 170 Å². The molecule has 0 unspecified atom stereocenters. The van der Waals surface area contributed by atoms with Crippen LogP contribution in [0.25, 0.3) is 10.9 Å². The molecule has 0 saturated carbocycles. The number of carbonyl (C=O) groups excluding carboxylic acids is 3. The van der Waals surface area contributed by atoms with Crippen LogP contribution in [-0.2, 0) is 9.59 Å². The minimum Gasteiger partial charge on any atom is -0.351 e. The zero-order valence-electron chi connectivity index (χ0n) is 14.5. The van der Waals surface area contributed by atoms with Crippen LogP contribution in [0.5, 0.6) is 0 Å². The predicted octanol–water partition coefficient (Wildman–Crippen LogP) is 2.96. The highest BCUT2D eigenvalue weighted by molar-refractivity contribution is 6.42. The number of anilines is 1. The van der Waals surface area contributed by atoms with Crippen molar-refractivity contribution in [2.24, 2.45) is 0 Å². The van der Waals surface area contributed by atoms with Crippen molar-refractivity contribution in [1.82, 2.24) is 15.6 Å². The Morgan fingerprint density at radius 1 is 0.893 bits per heavy atom. The minimum atomic E-state index is -0.869. The number of benzene rings is 2. The summed E-state index contributed by atoms with van der Waals surface area (Å²) >= 11 is 11.7. The number of fused-ring (bicyclic) bond motifs is 1. The molecule has 3 rings (SSSR count). The first-order chi connectivity index (χ1) is 13.4. The quantitative estimate of drug-likeness (QED) is 0.378. The van der Waals surface area contributed by atoms with E-state index in [2.05, 4.69) is 20.9 Å². The highest BCUT2D eigenvalue weighted by Gasteiger charge is 2.15. The van der Waals surface area contributed by atoms with Gasteiger partial charge < -0.3 is 20.9 Å². The van der Waals surface area contributed by atoms with E-state index in [-0.39, 0.29) is 29.7 Å². The van der Waals surface area contributed by atoms with E-state index in [0.717, 1.165) is 10.9 Å². The summed E-state index contributed by atoms with van der Waals surface area (Å²) in [5.41, 5.74) is 1.56. The van der Waals surface area contributed by atoms with Gasteiger partial charge >= 0.3 is 11.8 Å². The molecule has 0 fully saturated rings. The molecule has 0 spiro atoms. The molecule has 2 aromatic carbocycles. The lowest BCUT2D eigenvalue weighted by Gasteiger charge is -2.08. The van der Waals surface area contributed by atoms with Gasteiger partial charge in [0.25, 0.3) is 5.91 Å². The van der Waals surface area contributed by atoms with Crippen molar-refractivity contribution >= 4 is 57.5 Å². The molecule has 28 heavy (non-hydrogen) atoms. The van der Waals surface area contributed by atoms with Crippen LogP contribution in [0.4, 0.5) is 5.69 Å². The van der Waals surface area contributed by atoms with Gasteiger partial charge in [-0.3, -0.25) is 14.4 Å². The van der Waals surface area contributed by atoms with Crippen molar-refractivity contribution in [3.8, 4) is 0 Å². The molecule has 0 atom stereocenters. The van der Waals surface area contributed by atoms with Crippen LogP contribution in [0, 0.1) is 0 Å². The Morgan fingerprint density at radius 2 is 1.64 bits per heavy atom. The standard InChI is InChI=1S/C19H16Cl2N4O3/c20-12-5-6-15(13(21)10-12)25-19(28)18(27)23-8-7-22-17(26)16-9-11-3-1-2-4-14(11)24-16/h1-6,9-10,24H,7-8H2,(H,22,26)(H,23,27)(H,25,28). The molecule has 0 aliphatic heterocycles. The smallest absolute Gasteiger partial charge is 0.313 e. The van der Waals surface area contributed by atoms with E-state index in [1.54, 1.807) is 12.1 Å². The molecule has 0 aliphatic rings. The van der Waals surface area contributed by atoms with Gasteiger partial charge in [-0.25, -0.2) is 0 Å². The summed E-state index contributed by atoms with van der Waals surface area (Å²) in [5, 5.41) is 9.05. The van der Waals surface area contributed by atoms with E-state index in [0.29, 0.717) is 10.7 Å². The van der Waals surface area contributed by atoms with Gasteiger partial charge in [-0.15, -0.1) is 0 Å². The van der Waals surface area contributed by atoms with E-state index in [4.69, 9.17) is 23.2 Å². The summed E-state index contributed by atoms with van der Waals surface area (Å²) in [5.74, 6) is -2.01. The summed E-state index contributed by atoms with van der Waals surface area (Å²) in [4.78, 5) is 38.9. The van der Waals surface area contributed by atoms with Gasteiger partial charge in [0.2, 0.25) is 0 Å². The Morgan fingerprint density at radius 3 is 2.39 bits per heavy atom. The van der Waals surface area contributed by atoms with Crippen LogP contribution < -0.4 is 16.0 Å². The van der Waals surface area contributed by atoms with Crippen molar-refractivity contribution in [3.05, 3.63) is 64.3 Å². The molecule has 1 heterocycles. The fraction of sp³-hybridized carbons (Fsp3) is 0.105. The molecule has 9 heteroatoms. The molecule has 0 bridgehead atoms. The largest absolute Gasteiger partial charge is 0.351 e. The van der Waals surface area contributed by atoms with Crippen LogP contribution in [0.15, 0.2) is 48.5 Å². The average Bonchev–Trinajstić information content (AvgIpc) is 3.11. The third kappa shape index (κ3) is 4.82. The van der Waals surface area contributed by atoms with Gasteiger partial charge in [0, 0.05) is 29.0 Å². The fourth-order valence-electron chi connectivity index (χ4n) is 2.49. The van der Waals surface area contributed by atoms with E-state index < -0.39 is 11.8 Å². The van der Waals surface area contributed by atoms with Crippen molar-refractivity contribution in [2.75, 3.05) is 18.4 Å². The lowest BCUT2D eigenvalue weighted by molar-refractivity contribution is -0.136. The summed E-state index contributed by atoms with van der Waals surface area (Å²) in [6.45, 7) is 0.251.